The van der Waals surface area contributed by atoms with Gasteiger partial charge in [0.2, 0.25) is 0 Å². The van der Waals surface area contributed by atoms with Crippen molar-refractivity contribution in [2.45, 2.75) is 44.9 Å². The molecule has 0 saturated carbocycles. The third-order valence-electron chi connectivity index (χ3n) is 6.62. The molecule has 2 aromatic carbocycles. The number of hydrogen-bond acceptors (Lipinski definition) is 4. The molecule has 0 spiro atoms. The van der Waals surface area contributed by atoms with Crippen molar-refractivity contribution < 1.29 is 14.6 Å². The lowest BCUT2D eigenvalue weighted by molar-refractivity contribution is 0.0972. The fraction of sp³-hybridized carbons (Fsp3) is 0.500. The molecule has 2 aromatic rings. The molecule has 31 heavy (non-hydrogen) atoms. The molecule has 0 aromatic heterocycles. The standard InChI is InChI=1S/C26H32BrNO3/c27-24-7-5-21(18-26(24)31-15-14-29)16-20-9-12-28(13-10-20)11-8-19-4-6-22-2-1-3-25(30)23(22)17-19/h4-7,17-18,20,29H,1-3,8-16H2. The first-order valence-corrected chi connectivity index (χ1v) is 12.3. The molecular weight excluding hydrogens is 454 g/mol. The molecule has 1 fully saturated rings. The number of hydrogen-bond donors (Lipinski definition) is 1. The van der Waals surface area contributed by atoms with Gasteiger partial charge in [-0.2, -0.15) is 0 Å². The van der Waals surface area contributed by atoms with Crippen LogP contribution >= 0.6 is 15.9 Å². The highest BCUT2D eigenvalue weighted by atomic mass is 79.9. The molecule has 4 rings (SSSR count). The smallest absolute Gasteiger partial charge is 0.163 e. The lowest BCUT2D eigenvalue weighted by atomic mass is 9.88. The van der Waals surface area contributed by atoms with Crippen molar-refractivity contribution >= 4 is 21.7 Å². The summed E-state index contributed by atoms with van der Waals surface area (Å²) >= 11 is 3.52. The average molecular weight is 486 g/mol. The van der Waals surface area contributed by atoms with Crippen LogP contribution in [0.4, 0.5) is 0 Å². The van der Waals surface area contributed by atoms with E-state index in [-0.39, 0.29) is 6.61 Å². The number of ether oxygens (including phenoxy) is 1. The third-order valence-corrected chi connectivity index (χ3v) is 7.27. The summed E-state index contributed by atoms with van der Waals surface area (Å²) in [6, 6.07) is 12.8. The summed E-state index contributed by atoms with van der Waals surface area (Å²) in [4.78, 5) is 14.8. The van der Waals surface area contributed by atoms with Crippen molar-refractivity contribution in [1.29, 1.82) is 0 Å². The maximum Gasteiger partial charge on any atom is 0.163 e. The predicted molar refractivity (Wildman–Crippen MR) is 127 cm³/mol. The normalized spacial score (nSPS) is 17.5. The maximum absolute atomic E-state index is 12.2. The molecule has 0 amide bonds. The average Bonchev–Trinajstić information content (AvgIpc) is 2.79. The second-order valence-electron chi connectivity index (χ2n) is 8.84. The Balaban J connectivity index is 1.25. The summed E-state index contributed by atoms with van der Waals surface area (Å²) in [5.41, 5.74) is 4.80. The van der Waals surface area contributed by atoms with Gasteiger partial charge in [0.15, 0.2) is 5.78 Å². The molecule has 1 saturated heterocycles. The number of ketones is 1. The summed E-state index contributed by atoms with van der Waals surface area (Å²) in [6.45, 7) is 3.69. The summed E-state index contributed by atoms with van der Waals surface area (Å²) in [7, 11) is 0. The lowest BCUT2D eigenvalue weighted by Gasteiger charge is -2.32. The molecule has 2 aliphatic rings. The molecule has 1 heterocycles. The van der Waals surface area contributed by atoms with Crippen molar-refractivity contribution in [3.8, 4) is 5.75 Å². The van der Waals surface area contributed by atoms with E-state index in [1.165, 1.54) is 29.5 Å². The van der Waals surface area contributed by atoms with Gasteiger partial charge in [0.25, 0.3) is 0 Å². The molecule has 0 radical (unpaired) electrons. The van der Waals surface area contributed by atoms with Gasteiger partial charge in [0.1, 0.15) is 12.4 Å². The van der Waals surface area contributed by atoms with E-state index in [0.29, 0.717) is 24.7 Å². The van der Waals surface area contributed by atoms with E-state index in [1.54, 1.807) is 0 Å². The minimum atomic E-state index is 0.0247. The SMILES string of the molecule is O=C1CCCc2ccc(CCN3CCC(Cc4ccc(Br)c(OCCO)c4)CC3)cc21. The fourth-order valence-electron chi connectivity index (χ4n) is 4.81. The van der Waals surface area contributed by atoms with Crippen LogP contribution in [0.15, 0.2) is 40.9 Å². The number of carbonyl (C=O) groups is 1. The number of nitrogens with zero attached hydrogens (tertiary/aromatic N) is 1. The Bertz CT molecular complexity index is 906. The van der Waals surface area contributed by atoms with Crippen molar-refractivity contribution in [3.05, 3.63) is 63.1 Å². The Kier molecular flexibility index (Phi) is 7.81. The van der Waals surface area contributed by atoms with Gasteiger partial charge in [-0.15, -0.1) is 0 Å². The number of likely N-dealkylation sites (tertiary alicyclic amines) is 1. The molecule has 1 N–H and O–H groups in total. The zero-order chi connectivity index (χ0) is 21.6. The summed E-state index contributed by atoms with van der Waals surface area (Å²) in [5, 5.41) is 8.99. The summed E-state index contributed by atoms with van der Waals surface area (Å²) < 4.78 is 6.56. The van der Waals surface area contributed by atoms with Gasteiger partial charge in [-0.05, 0) is 108 Å². The number of aliphatic hydroxyl groups is 1. The van der Waals surface area contributed by atoms with Crippen LogP contribution in [0.2, 0.25) is 0 Å². The zero-order valence-corrected chi connectivity index (χ0v) is 19.7. The van der Waals surface area contributed by atoms with Crippen LogP contribution in [0, 0.1) is 5.92 Å². The fourth-order valence-corrected chi connectivity index (χ4v) is 5.17. The van der Waals surface area contributed by atoms with E-state index >= 15 is 0 Å². The minimum Gasteiger partial charge on any atom is -0.490 e. The van der Waals surface area contributed by atoms with E-state index in [9.17, 15) is 4.79 Å². The number of aryl methyl sites for hydroxylation is 1. The quantitative estimate of drug-likeness (QED) is 0.581. The predicted octanol–water partition coefficient (Wildman–Crippen LogP) is 4.84. The maximum atomic E-state index is 12.2. The number of benzene rings is 2. The van der Waals surface area contributed by atoms with Crippen molar-refractivity contribution in [2.24, 2.45) is 5.92 Å². The Morgan fingerprint density at radius 2 is 1.87 bits per heavy atom. The number of fused-ring (bicyclic) bond motifs is 1. The minimum absolute atomic E-state index is 0.0247. The molecule has 4 nitrogen and oxygen atoms in total. The molecule has 1 aliphatic heterocycles. The highest BCUT2D eigenvalue weighted by Crippen LogP contribution is 2.29. The molecule has 0 atom stereocenters. The van der Waals surface area contributed by atoms with E-state index < -0.39 is 0 Å². The second kappa shape index (κ2) is 10.8. The number of Topliss-reactive ketones (excluding diaryl/α,β-unsaturated/α-hetero) is 1. The monoisotopic (exact) mass is 485 g/mol. The van der Waals surface area contributed by atoms with Gasteiger partial charge in [0.05, 0.1) is 11.1 Å². The van der Waals surface area contributed by atoms with Crippen molar-refractivity contribution in [2.75, 3.05) is 32.8 Å². The largest absolute Gasteiger partial charge is 0.490 e. The summed E-state index contributed by atoms with van der Waals surface area (Å²) in [6.07, 6.45) is 7.27. The first kappa shape index (κ1) is 22.5. The first-order chi connectivity index (χ1) is 15.1. The van der Waals surface area contributed by atoms with Gasteiger partial charge in [0, 0.05) is 18.5 Å². The topological polar surface area (TPSA) is 49.8 Å². The number of aliphatic hydroxyl groups excluding tert-OH is 1. The van der Waals surface area contributed by atoms with Crippen LogP contribution < -0.4 is 4.74 Å². The van der Waals surface area contributed by atoms with Gasteiger partial charge in [-0.25, -0.2) is 0 Å². The highest BCUT2D eigenvalue weighted by Gasteiger charge is 2.21. The van der Waals surface area contributed by atoms with Crippen LogP contribution in [-0.4, -0.2) is 48.6 Å². The van der Waals surface area contributed by atoms with E-state index in [1.807, 2.05) is 6.07 Å². The zero-order valence-electron chi connectivity index (χ0n) is 18.1. The number of carbonyl (C=O) groups excluding carboxylic acids is 1. The number of rotatable bonds is 8. The van der Waals surface area contributed by atoms with Crippen molar-refractivity contribution in [1.82, 2.24) is 4.90 Å². The van der Waals surface area contributed by atoms with Crippen LogP contribution in [0.5, 0.6) is 5.75 Å². The Morgan fingerprint density at radius 3 is 2.68 bits per heavy atom. The molecule has 5 heteroatoms. The first-order valence-electron chi connectivity index (χ1n) is 11.5. The van der Waals surface area contributed by atoms with E-state index in [4.69, 9.17) is 9.84 Å². The van der Waals surface area contributed by atoms with Crippen LogP contribution in [-0.2, 0) is 19.3 Å². The van der Waals surface area contributed by atoms with Gasteiger partial charge >= 0.3 is 0 Å². The van der Waals surface area contributed by atoms with Crippen LogP contribution in [0.3, 0.4) is 0 Å². The van der Waals surface area contributed by atoms with Gasteiger partial charge in [-0.1, -0.05) is 18.2 Å². The van der Waals surface area contributed by atoms with E-state index in [2.05, 4.69) is 51.2 Å². The van der Waals surface area contributed by atoms with Crippen LogP contribution in [0.25, 0.3) is 0 Å². The van der Waals surface area contributed by atoms with Gasteiger partial charge < -0.3 is 14.7 Å². The van der Waals surface area contributed by atoms with Crippen molar-refractivity contribution in [3.63, 3.8) is 0 Å². The summed E-state index contributed by atoms with van der Waals surface area (Å²) in [5.74, 6) is 1.83. The Morgan fingerprint density at radius 1 is 1.06 bits per heavy atom. The lowest BCUT2D eigenvalue weighted by Crippen LogP contribution is -2.35. The third kappa shape index (κ3) is 5.97. The second-order valence-corrected chi connectivity index (χ2v) is 9.70. The Hall–Kier alpha value is -1.69. The molecule has 0 bridgehead atoms. The molecule has 166 valence electrons. The molecule has 0 unspecified atom stereocenters. The Labute approximate surface area is 193 Å². The molecular formula is C26H32BrNO3. The number of halogens is 1. The molecule has 1 aliphatic carbocycles. The van der Waals surface area contributed by atoms with Crippen LogP contribution in [0.1, 0.15) is 52.7 Å². The number of piperidine rings is 1. The highest BCUT2D eigenvalue weighted by molar-refractivity contribution is 9.10. The van der Waals surface area contributed by atoms with E-state index in [0.717, 1.165) is 61.1 Å². The van der Waals surface area contributed by atoms with Gasteiger partial charge in [-0.3, -0.25) is 4.79 Å².